The Kier molecular flexibility index (Phi) is 1.76. The molecule has 3 nitrogen and oxygen atoms in total. The molecule has 4 heteroatoms. The van der Waals surface area contributed by atoms with Crippen LogP contribution in [0.4, 0.5) is 9.18 Å². The number of ether oxygens (including phenoxy) is 2. The summed E-state index contributed by atoms with van der Waals surface area (Å²) in [6.45, 7) is -0.805. The Balaban J connectivity index is 2.59. The predicted octanol–water partition coefficient (Wildman–Crippen LogP) is 0.493. The Bertz CT molecular complexity index is 184. The largest absolute Gasteiger partial charge is 0.510 e. The molecule has 54 valence electrons. The molecule has 2 atom stereocenters. The van der Waals surface area contributed by atoms with Crippen LogP contribution in [-0.4, -0.2) is 25.0 Å². The van der Waals surface area contributed by atoms with E-state index in [2.05, 4.69) is 15.4 Å². The van der Waals surface area contributed by atoms with E-state index in [1.807, 2.05) is 0 Å². The third kappa shape index (κ3) is 1.03. The molecule has 1 aliphatic rings. The molecule has 1 fully saturated rings. The van der Waals surface area contributed by atoms with Gasteiger partial charge in [-0.2, -0.15) is 0 Å². The van der Waals surface area contributed by atoms with Crippen LogP contribution in [0, 0.1) is 12.3 Å². The van der Waals surface area contributed by atoms with Crippen LogP contribution in [0.1, 0.15) is 0 Å². The first-order valence-corrected chi connectivity index (χ1v) is 2.67. The van der Waals surface area contributed by atoms with Crippen molar-refractivity contribution in [1.29, 1.82) is 0 Å². The van der Waals surface area contributed by atoms with Crippen LogP contribution >= 0.6 is 0 Å². The summed E-state index contributed by atoms with van der Waals surface area (Å²) in [5.74, 6) is 2.09. The number of carbonyl (C=O) groups excluding carboxylic acids is 1. The van der Waals surface area contributed by atoms with Crippen molar-refractivity contribution in [3.05, 3.63) is 0 Å². The second-order valence-corrected chi connectivity index (χ2v) is 1.77. The minimum atomic E-state index is -0.919. The van der Waals surface area contributed by atoms with Gasteiger partial charge in [-0.3, -0.25) is 0 Å². The van der Waals surface area contributed by atoms with Crippen LogP contribution in [0.3, 0.4) is 0 Å². The van der Waals surface area contributed by atoms with Gasteiger partial charge in [0.15, 0.2) is 6.10 Å². The van der Waals surface area contributed by atoms with Crippen molar-refractivity contribution in [2.24, 2.45) is 0 Å². The van der Waals surface area contributed by atoms with Crippen LogP contribution in [0.2, 0.25) is 0 Å². The molecule has 0 radical (unpaired) electrons. The Morgan fingerprint density at radius 1 is 1.70 bits per heavy atom. The van der Waals surface area contributed by atoms with Crippen molar-refractivity contribution in [2.45, 2.75) is 12.2 Å². The van der Waals surface area contributed by atoms with E-state index in [9.17, 15) is 9.18 Å². The van der Waals surface area contributed by atoms with Gasteiger partial charge in [-0.25, -0.2) is 9.18 Å². The highest BCUT2D eigenvalue weighted by Gasteiger charge is 2.35. The van der Waals surface area contributed by atoms with Crippen LogP contribution < -0.4 is 0 Å². The van der Waals surface area contributed by atoms with Gasteiger partial charge in [0.1, 0.15) is 6.67 Å². The summed E-state index contributed by atoms with van der Waals surface area (Å²) in [7, 11) is 0. The Morgan fingerprint density at radius 3 is 2.80 bits per heavy atom. The summed E-state index contributed by atoms with van der Waals surface area (Å²) >= 11 is 0. The second kappa shape index (κ2) is 2.56. The van der Waals surface area contributed by atoms with Gasteiger partial charge < -0.3 is 9.47 Å². The zero-order valence-electron chi connectivity index (χ0n) is 5.04. The zero-order chi connectivity index (χ0) is 7.56. The zero-order valence-corrected chi connectivity index (χ0v) is 5.04. The standard InChI is InChI=1S/C6H5FO3/c1-2-4-5(3-7)10-6(8)9-4/h1,4-5H,3H2. The number of carbonyl (C=O) groups is 1. The fourth-order valence-electron chi connectivity index (χ4n) is 0.646. The molecule has 0 aliphatic carbocycles. The molecular weight excluding hydrogens is 139 g/mol. The van der Waals surface area contributed by atoms with E-state index in [1.165, 1.54) is 0 Å². The number of rotatable bonds is 1. The Hall–Kier alpha value is -1.24. The van der Waals surface area contributed by atoms with Gasteiger partial charge in [-0.15, -0.1) is 6.42 Å². The fourth-order valence-corrected chi connectivity index (χ4v) is 0.646. The first kappa shape index (κ1) is 6.87. The molecule has 0 aromatic rings. The maximum Gasteiger partial charge on any atom is 0.510 e. The summed E-state index contributed by atoms with van der Waals surface area (Å²) in [6.07, 6.45) is 2.21. The van der Waals surface area contributed by atoms with Crippen molar-refractivity contribution in [1.82, 2.24) is 0 Å². The van der Waals surface area contributed by atoms with E-state index in [4.69, 9.17) is 6.42 Å². The molecule has 1 heterocycles. The molecule has 0 saturated carbocycles. The van der Waals surface area contributed by atoms with Gasteiger partial charge in [0.2, 0.25) is 6.10 Å². The molecule has 0 bridgehead atoms. The monoisotopic (exact) mass is 144 g/mol. The summed E-state index contributed by atoms with van der Waals surface area (Å²) in [6, 6.07) is 0. The number of terminal acetylenes is 1. The van der Waals surface area contributed by atoms with E-state index in [0.717, 1.165) is 0 Å². The molecule has 1 aliphatic heterocycles. The van der Waals surface area contributed by atoms with Crippen molar-refractivity contribution in [3.63, 3.8) is 0 Å². The lowest BCUT2D eigenvalue weighted by Crippen LogP contribution is -2.22. The van der Waals surface area contributed by atoms with Crippen LogP contribution in [0.15, 0.2) is 0 Å². The topological polar surface area (TPSA) is 35.5 Å². The molecule has 0 aromatic carbocycles. The number of hydrogen-bond donors (Lipinski definition) is 0. The van der Waals surface area contributed by atoms with Crippen molar-refractivity contribution >= 4 is 6.16 Å². The maximum absolute atomic E-state index is 11.9. The molecule has 0 spiro atoms. The molecule has 2 unspecified atom stereocenters. The Labute approximate surface area is 57.1 Å². The first-order chi connectivity index (χ1) is 4.77. The van der Waals surface area contributed by atoms with Crippen LogP contribution in [0.5, 0.6) is 0 Å². The summed E-state index contributed by atoms with van der Waals surface area (Å²) < 4.78 is 20.6. The summed E-state index contributed by atoms with van der Waals surface area (Å²) in [5, 5.41) is 0. The van der Waals surface area contributed by atoms with Gasteiger partial charge in [0.25, 0.3) is 0 Å². The van der Waals surface area contributed by atoms with E-state index in [-0.39, 0.29) is 0 Å². The van der Waals surface area contributed by atoms with Gasteiger partial charge in [-0.05, 0) is 0 Å². The summed E-state index contributed by atoms with van der Waals surface area (Å²) in [4.78, 5) is 10.3. The minimum Gasteiger partial charge on any atom is -0.423 e. The highest BCUT2D eigenvalue weighted by molar-refractivity contribution is 5.63. The van der Waals surface area contributed by atoms with Gasteiger partial charge in [0, 0.05) is 0 Å². The smallest absolute Gasteiger partial charge is 0.423 e. The minimum absolute atomic E-state index is 0.805. The second-order valence-electron chi connectivity index (χ2n) is 1.77. The molecule has 0 aromatic heterocycles. The van der Waals surface area contributed by atoms with E-state index < -0.39 is 25.0 Å². The maximum atomic E-state index is 11.9. The lowest BCUT2D eigenvalue weighted by atomic mass is 10.2. The number of halogens is 1. The van der Waals surface area contributed by atoms with E-state index in [0.29, 0.717) is 0 Å². The first-order valence-electron chi connectivity index (χ1n) is 2.67. The Morgan fingerprint density at radius 2 is 2.40 bits per heavy atom. The molecule has 1 saturated heterocycles. The summed E-state index contributed by atoms with van der Waals surface area (Å²) in [5.41, 5.74) is 0. The quantitative estimate of drug-likeness (QED) is 0.397. The van der Waals surface area contributed by atoms with Crippen molar-refractivity contribution < 1.29 is 18.7 Å². The van der Waals surface area contributed by atoms with Crippen LogP contribution in [0.25, 0.3) is 0 Å². The molecule has 1 rings (SSSR count). The molecule has 0 amide bonds. The molecule has 10 heavy (non-hydrogen) atoms. The normalized spacial score (nSPS) is 30.6. The highest BCUT2D eigenvalue weighted by atomic mass is 19.1. The number of hydrogen-bond acceptors (Lipinski definition) is 3. The predicted molar refractivity (Wildman–Crippen MR) is 29.9 cm³/mol. The van der Waals surface area contributed by atoms with Gasteiger partial charge >= 0.3 is 6.16 Å². The molecular formula is C6H5FO3. The molecule has 0 N–H and O–H groups in total. The highest BCUT2D eigenvalue weighted by Crippen LogP contribution is 2.14. The SMILES string of the molecule is C#CC1OC(=O)OC1CF. The number of alkyl halides is 1. The van der Waals surface area contributed by atoms with Crippen LogP contribution in [-0.2, 0) is 9.47 Å². The lowest BCUT2D eigenvalue weighted by molar-refractivity contribution is 0.110. The lowest BCUT2D eigenvalue weighted by Gasteiger charge is -2.02. The third-order valence-electron chi connectivity index (χ3n) is 1.12. The van der Waals surface area contributed by atoms with Crippen molar-refractivity contribution in [2.75, 3.05) is 6.67 Å². The average Bonchev–Trinajstić information content (AvgIpc) is 2.30. The number of cyclic esters (lactones) is 2. The van der Waals surface area contributed by atoms with Gasteiger partial charge in [-0.1, -0.05) is 5.92 Å². The van der Waals surface area contributed by atoms with Crippen molar-refractivity contribution in [3.8, 4) is 12.3 Å². The third-order valence-corrected chi connectivity index (χ3v) is 1.12. The van der Waals surface area contributed by atoms with Gasteiger partial charge in [0.05, 0.1) is 0 Å². The van der Waals surface area contributed by atoms with E-state index in [1.54, 1.807) is 0 Å². The average molecular weight is 144 g/mol. The fraction of sp³-hybridized carbons (Fsp3) is 0.500. The van der Waals surface area contributed by atoms with E-state index >= 15 is 0 Å².